The molecule has 1 aliphatic rings. The highest BCUT2D eigenvalue weighted by Crippen LogP contribution is 2.14. The van der Waals surface area contributed by atoms with Gasteiger partial charge in [0.2, 0.25) is 0 Å². The zero-order chi connectivity index (χ0) is 11.3. The summed E-state index contributed by atoms with van der Waals surface area (Å²) < 4.78 is 39.7. The van der Waals surface area contributed by atoms with Crippen molar-refractivity contribution < 1.29 is 17.9 Å². The average Bonchev–Trinajstić information content (AvgIpc) is 2.63. The second-order valence-electron chi connectivity index (χ2n) is 3.79. The molecule has 1 saturated heterocycles. The van der Waals surface area contributed by atoms with E-state index in [4.69, 9.17) is 0 Å². The van der Waals surface area contributed by atoms with E-state index in [0.29, 0.717) is 12.6 Å². The van der Waals surface area contributed by atoms with E-state index < -0.39 is 12.8 Å². The van der Waals surface area contributed by atoms with Crippen molar-refractivity contribution in [1.82, 2.24) is 10.2 Å². The Morgan fingerprint density at radius 2 is 2.12 bits per heavy atom. The van der Waals surface area contributed by atoms with E-state index in [2.05, 4.69) is 10.1 Å². The minimum Gasteiger partial charge on any atom is -0.371 e. The van der Waals surface area contributed by atoms with Gasteiger partial charge in [0.05, 0.1) is 6.61 Å². The van der Waals surface area contributed by atoms with Gasteiger partial charge in [-0.15, -0.1) is 12.4 Å². The predicted molar refractivity (Wildman–Crippen MR) is 58.0 cm³/mol. The Balaban J connectivity index is 0.00000225. The number of nitrogens with one attached hydrogen (secondary N) is 1. The van der Waals surface area contributed by atoms with Crippen molar-refractivity contribution >= 4 is 12.4 Å². The number of ether oxygens (including phenoxy) is 1. The molecule has 1 unspecified atom stereocenters. The molecule has 16 heavy (non-hydrogen) atoms. The molecule has 0 aromatic heterocycles. The van der Waals surface area contributed by atoms with Crippen molar-refractivity contribution in [1.29, 1.82) is 0 Å². The molecule has 0 aromatic rings. The van der Waals surface area contributed by atoms with E-state index in [1.54, 1.807) is 0 Å². The molecule has 3 nitrogen and oxygen atoms in total. The zero-order valence-corrected chi connectivity index (χ0v) is 10.0. The van der Waals surface area contributed by atoms with E-state index in [-0.39, 0.29) is 19.0 Å². The molecule has 0 saturated carbocycles. The second kappa shape index (κ2) is 7.32. The summed E-state index contributed by atoms with van der Waals surface area (Å²) in [6.07, 6.45) is -3.16. The minimum atomic E-state index is -4.21. The molecule has 0 spiro atoms. The van der Waals surface area contributed by atoms with Crippen LogP contribution < -0.4 is 5.32 Å². The maximum absolute atomic E-state index is 11.7. The van der Waals surface area contributed by atoms with Gasteiger partial charge in [-0.25, -0.2) is 0 Å². The lowest BCUT2D eigenvalue weighted by Gasteiger charge is -2.23. The van der Waals surface area contributed by atoms with Gasteiger partial charge < -0.3 is 10.1 Å². The van der Waals surface area contributed by atoms with Gasteiger partial charge >= 0.3 is 6.18 Å². The summed E-state index contributed by atoms with van der Waals surface area (Å²) in [5, 5.41) is 3.21. The summed E-state index contributed by atoms with van der Waals surface area (Å²) in [7, 11) is 1.91. The molecule has 0 radical (unpaired) electrons. The third kappa shape index (κ3) is 6.52. The number of alkyl halides is 3. The molecule has 0 aromatic carbocycles. The first-order chi connectivity index (χ1) is 6.99. The molecule has 0 aliphatic carbocycles. The highest BCUT2D eigenvalue weighted by Gasteiger charge is 2.27. The van der Waals surface area contributed by atoms with E-state index in [1.165, 1.54) is 0 Å². The third-order valence-corrected chi connectivity index (χ3v) is 2.51. The minimum absolute atomic E-state index is 0. The van der Waals surface area contributed by atoms with Crippen molar-refractivity contribution in [3.8, 4) is 0 Å². The number of halogens is 4. The molecule has 1 rings (SSSR count). The largest absolute Gasteiger partial charge is 0.411 e. The number of likely N-dealkylation sites (N-methyl/N-ethyl adjacent to an activating group) is 1. The van der Waals surface area contributed by atoms with Crippen LogP contribution in [-0.4, -0.2) is 57.0 Å². The zero-order valence-electron chi connectivity index (χ0n) is 9.22. The van der Waals surface area contributed by atoms with Crippen molar-refractivity contribution in [2.45, 2.75) is 18.6 Å². The Hall–Kier alpha value is -0.0400. The van der Waals surface area contributed by atoms with Crippen LogP contribution in [0.15, 0.2) is 0 Å². The van der Waals surface area contributed by atoms with E-state index in [1.807, 2.05) is 11.9 Å². The lowest BCUT2D eigenvalue weighted by atomic mass is 10.2. The smallest absolute Gasteiger partial charge is 0.371 e. The Morgan fingerprint density at radius 1 is 1.44 bits per heavy atom. The standard InChI is InChI=1S/C9H17F3N2O.ClH/c1-14(8-2-3-13-6-8)4-5-15-7-9(10,11)12;/h8,13H,2-7H2,1H3;1H. The van der Waals surface area contributed by atoms with Crippen LogP contribution in [0.1, 0.15) is 6.42 Å². The van der Waals surface area contributed by atoms with Gasteiger partial charge in [0.15, 0.2) is 0 Å². The van der Waals surface area contributed by atoms with Crippen molar-refractivity contribution in [3.63, 3.8) is 0 Å². The van der Waals surface area contributed by atoms with Gasteiger partial charge in [-0.05, 0) is 20.0 Å². The van der Waals surface area contributed by atoms with Crippen LogP contribution >= 0.6 is 12.4 Å². The van der Waals surface area contributed by atoms with E-state index >= 15 is 0 Å². The maximum Gasteiger partial charge on any atom is 0.411 e. The van der Waals surface area contributed by atoms with Crippen LogP contribution in [0.25, 0.3) is 0 Å². The Morgan fingerprint density at radius 3 is 2.62 bits per heavy atom. The molecule has 1 atom stereocenters. The fourth-order valence-electron chi connectivity index (χ4n) is 1.59. The van der Waals surface area contributed by atoms with Crippen molar-refractivity contribution in [2.75, 3.05) is 39.9 Å². The predicted octanol–water partition coefficient (Wildman–Crippen LogP) is 1.28. The quantitative estimate of drug-likeness (QED) is 0.756. The van der Waals surface area contributed by atoms with Crippen LogP contribution in [-0.2, 0) is 4.74 Å². The van der Waals surface area contributed by atoms with Crippen LogP contribution in [0.4, 0.5) is 13.2 Å². The van der Waals surface area contributed by atoms with Crippen molar-refractivity contribution in [2.24, 2.45) is 0 Å². The first-order valence-electron chi connectivity index (χ1n) is 5.04. The molecule has 1 heterocycles. The van der Waals surface area contributed by atoms with Gasteiger partial charge in [-0.1, -0.05) is 0 Å². The fourth-order valence-corrected chi connectivity index (χ4v) is 1.59. The number of rotatable bonds is 5. The number of nitrogens with zero attached hydrogens (tertiary/aromatic N) is 1. The number of hydrogen-bond donors (Lipinski definition) is 1. The van der Waals surface area contributed by atoms with Gasteiger partial charge in [-0.3, -0.25) is 4.90 Å². The highest BCUT2D eigenvalue weighted by atomic mass is 35.5. The third-order valence-electron chi connectivity index (χ3n) is 2.51. The summed E-state index contributed by atoms with van der Waals surface area (Å²) in [6, 6.07) is 0.430. The summed E-state index contributed by atoms with van der Waals surface area (Å²) in [5.74, 6) is 0. The van der Waals surface area contributed by atoms with E-state index in [0.717, 1.165) is 19.5 Å². The normalized spacial score (nSPS) is 21.2. The first-order valence-corrected chi connectivity index (χ1v) is 5.04. The van der Waals surface area contributed by atoms with Crippen LogP contribution in [0.2, 0.25) is 0 Å². The van der Waals surface area contributed by atoms with Crippen LogP contribution in [0.3, 0.4) is 0 Å². The van der Waals surface area contributed by atoms with Gasteiger partial charge in [0, 0.05) is 19.1 Å². The van der Waals surface area contributed by atoms with Gasteiger partial charge in [0.1, 0.15) is 6.61 Å². The Bertz CT molecular complexity index is 186. The summed E-state index contributed by atoms with van der Waals surface area (Å²) in [5.41, 5.74) is 0. The average molecular weight is 263 g/mol. The van der Waals surface area contributed by atoms with Gasteiger partial charge in [-0.2, -0.15) is 13.2 Å². The topological polar surface area (TPSA) is 24.5 Å². The SMILES string of the molecule is CN(CCOCC(F)(F)F)C1CCNC1.Cl. The molecule has 7 heteroatoms. The molecule has 1 fully saturated rings. The second-order valence-corrected chi connectivity index (χ2v) is 3.79. The summed E-state index contributed by atoms with van der Waals surface area (Å²) >= 11 is 0. The maximum atomic E-state index is 11.7. The van der Waals surface area contributed by atoms with Crippen molar-refractivity contribution in [3.05, 3.63) is 0 Å². The molecule has 98 valence electrons. The van der Waals surface area contributed by atoms with E-state index in [9.17, 15) is 13.2 Å². The molecular formula is C9H18ClF3N2O. The number of hydrogen-bond acceptors (Lipinski definition) is 3. The first kappa shape index (κ1) is 16.0. The van der Waals surface area contributed by atoms with Crippen LogP contribution in [0, 0.1) is 0 Å². The Kier molecular flexibility index (Phi) is 7.30. The highest BCUT2D eigenvalue weighted by molar-refractivity contribution is 5.85. The molecule has 1 aliphatic heterocycles. The molecule has 0 bridgehead atoms. The Labute approximate surface area is 99.7 Å². The summed E-state index contributed by atoms with van der Waals surface area (Å²) in [4.78, 5) is 2.04. The molecule has 0 amide bonds. The fraction of sp³-hybridized carbons (Fsp3) is 1.00. The monoisotopic (exact) mass is 262 g/mol. The lowest BCUT2D eigenvalue weighted by molar-refractivity contribution is -0.174. The van der Waals surface area contributed by atoms with Gasteiger partial charge in [0.25, 0.3) is 0 Å². The molecular weight excluding hydrogens is 245 g/mol. The molecule has 1 N–H and O–H groups in total. The summed E-state index contributed by atoms with van der Waals surface area (Å²) in [6.45, 7) is 1.42. The lowest BCUT2D eigenvalue weighted by Crippen LogP contribution is -2.36. The van der Waals surface area contributed by atoms with Crippen LogP contribution in [0.5, 0.6) is 0 Å².